The molecule has 4 heteroatoms. The summed E-state index contributed by atoms with van der Waals surface area (Å²) in [6.07, 6.45) is 20.7. The van der Waals surface area contributed by atoms with Crippen LogP contribution in [0.25, 0.3) is 21.5 Å². The lowest BCUT2D eigenvalue weighted by Gasteiger charge is -2.12. The number of fused-ring (bicyclic) bond motifs is 2. The van der Waals surface area contributed by atoms with Crippen molar-refractivity contribution in [1.29, 1.82) is 0 Å². The summed E-state index contributed by atoms with van der Waals surface area (Å²) in [6, 6.07) is 25.0. The molecule has 4 rings (SSSR count). The first-order valence-electron chi connectivity index (χ1n) is 14.4. The maximum Gasteiger partial charge on any atom is 0.139 e. The molecule has 0 aliphatic rings. The van der Waals surface area contributed by atoms with Crippen molar-refractivity contribution in [1.82, 2.24) is 0 Å². The van der Waals surface area contributed by atoms with E-state index in [-0.39, 0.29) is 0 Å². The second-order valence-corrected chi connectivity index (χ2v) is 9.81. The van der Waals surface area contributed by atoms with Crippen molar-refractivity contribution < 1.29 is 13.7 Å². The number of hydrogen-bond acceptors (Lipinski definition) is 4. The van der Waals surface area contributed by atoms with E-state index in [2.05, 4.69) is 92.3 Å². The molecule has 0 saturated carbocycles. The van der Waals surface area contributed by atoms with Gasteiger partial charge in [-0.25, -0.2) is 0 Å². The Hall–Kier alpha value is -4.41. The molecule has 0 aliphatic carbocycles. The maximum absolute atomic E-state index is 5.60. The molecule has 3 nitrogen and oxygen atoms in total. The van der Waals surface area contributed by atoms with Crippen LogP contribution < -0.4 is 9.47 Å². The summed E-state index contributed by atoms with van der Waals surface area (Å²) in [6.45, 7) is 7.68. The van der Waals surface area contributed by atoms with Crippen LogP contribution in [0, 0.1) is 0 Å². The minimum absolute atomic E-state index is 0.714. The van der Waals surface area contributed by atoms with Gasteiger partial charge in [0.25, 0.3) is 0 Å². The smallest absolute Gasteiger partial charge is 0.139 e. The van der Waals surface area contributed by atoms with E-state index in [4.69, 9.17) is 13.7 Å². The Labute approximate surface area is 262 Å². The van der Waals surface area contributed by atoms with E-state index >= 15 is 0 Å². The van der Waals surface area contributed by atoms with Crippen molar-refractivity contribution in [2.75, 3.05) is 14.2 Å². The second kappa shape index (κ2) is 18.2. The molecule has 0 spiro atoms. The molecule has 0 heterocycles. The average Bonchev–Trinajstić information content (AvgIpc) is 3.06. The lowest BCUT2D eigenvalue weighted by molar-refractivity contribution is 0.411. The van der Waals surface area contributed by atoms with Gasteiger partial charge >= 0.3 is 0 Å². The molecule has 4 aromatic carbocycles. The van der Waals surface area contributed by atoms with E-state index in [0.29, 0.717) is 5.76 Å². The fourth-order valence-electron chi connectivity index (χ4n) is 4.82. The molecule has 0 amide bonds. The SMILES string of the molecule is C=CC\C=C/C=C\C(=C/Cc1c(OC)ccc2ccccc12)C(=C/C)\OS.CC=CCc1c(OC)ccc2ccccc12. The number of allylic oxidation sites excluding steroid dienone is 9. The zero-order chi connectivity index (χ0) is 30.9. The van der Waals surface area contributed by atoms with Crippen molar-refractivity contribution in [2.45, 2.75) is 33.1 Å². The van der Waals surface area contributed by atoms with Gasteiger partial charge in [-0.15, -0.1) is 6.58 Å². The maximum atomic E-state index is 5.60. The molecule has 0 aliphatic heterocycles. The molecule has 0 radical (unpaired) electrons. The van der Waals surface area contributed by atoms with Gasteiger partial charge in [-0.2, -0.15) is 0 Å². The van der Waals surface area contributed by atoms with Crippen molar-refractivity contribution in [3.8, 4) is 11.5 Å². The minimum Gasteiger partial charge on any atom is -0.496 e. The number of methoxy groups -OCH3 is 2. The van der Waals surface area contributed by atoms with Crippen molar-refractivity contribution in [3.63, 3.8) is 0 Å². The Morgan fingerprint density at radius 3 is 1.84 bits per heavy atom. The summed E-state index contributed by atoms with van der Waals surface area (Å²) in [5.74, 6) is 2.57. The molecular weight excluding hydrogens is 548 g/mol. The monoisotopic (exact) mass is 590 g/mol. The van der Waals surface area contributed by atoms with E-state index in [9.17, 15) is 0 Å². The number of benzene rings is 4. The van der Waals surface area contributed by atoms with Crippen LogP contribution in [0.3, 0.4) is 0 Å². The number of ether oxygens (including phenoxy) is 2. The zero-order valence-electron chi connectivity index (χ0n) is 25.6. The summed E-state index contributed by atoms with van der Waals surface area (Å²) in [7, 11) is 3.43. The number of rotatable bonds is 12. The van der Waals surface area contributed by atoms with Crippen molar-refractivity contribution in [2.24, 2.45) is 0 Å². The van der Waals surface area contributed by atoms with Crippen LogP contribution in [0.5, 0.6) is 11.5 Å². The Morgan fingerprint density at radius 2 is 1.33 bits per heavy atom. The molecule has 0 unspecified atom stereocenters. The van der Waals surface area contributed by atoms with Crippen LogP contribution in [0.4, 0.5) is 0 Å². The predicted molar refractivity (Wildman–Crippen MR) is 188 cm³/mol. The summed E-state index contributed by atoms with van der Waals surface area (Å²) in [4.78, 5) is 0. The van der Waals surface area contributed by atoms with Gasteiger partial charge in [0.05, 0.1) is 14.2 Å². The highest BCUT2D eigenvalue weighted by molar-refractivity contribution is 7.75. The number of thiol groups is 1. The Kier molecular flexibility index (Phi) is 14.0. The quantitative estimate of drug-likeness (QED) is 0.0585. The van der Waals surface area contributed by atoms with Crippen LogP contribution in [0.15, 0.2) is 145 Å². The van der Waals surface area contributed by atoms with Crippen LogP contribution in [0.1, 0.15) is 31.4 Å². The van der Waals surface area contributed by atoms with E-state index in [1.54, 1.807) is 14.2 Å². The average molecular weight is 591 g/mol. The highest BCUT2D eigenvalue weighted by Crippen LogP contribution is 2.30. The molecule has 0 atom stereocenters. The summed E-state index contributed by atoms with van der Waals surface area (Å²) >= 11 is 3.99. The molecule has 0 N–H and O–H groups in total. The first kappa shape index (κ1) is 33.1. The third kappa shape index (κ3) is 9.29. The first-order chi connectivity index (χ1) is 21.1. The van der Waals surface area contributed by atoms with Gasteiger partial charge in [0.15, 0.2) is 0 Å². The topological polar surface area (TPSA) is 27.7 Å². The Morgan fingerprint density at radius 1 is 0.744 bits per heavy atom. The predicted octanol–water partition coefficient (Wildman–Crippen LogP) is 10.7. The molecule has 0 fully saturated rings. The summed E-state index contributed by atoms with van der Waals surface area (Å²) in [5, 5.41) is 4.93. The van der Waals surface area contributed by atoms with Crippen molar-refractivity contribution >= 4 is 34.5 Å². The van der Waals surface area contributed by atoms with E-state index < -0.39 is 0 Å². The van der Waals surface area contributed by atoms with Gasteiger partial charge in [-0.3, -0.25) is 0 Å². The largest absolute Gasteiger partial charge is 0.496 e. The van der Waals surface area contributed by atoms with Crippen LogP contribution >= 0.6 is 12.9 Å². The van der Waals surface area contributed by atoms with Crippen LogP contribution in [-0.4, -0.2) is 14.2 Å². The standard InChI is InChI=1S/C24H26O2S.C15H16O/c1-4-6-7-8-9-13-20(23(5-2)26-27)15-17-22-21-14-11-10-12-19(21)16-18-24(22)25-3;1-3-4-8-14-13-9-6-5-7-12(13)10-11-15(14)16-2/h4-5,7-16,18,27H,1,6,17H2,2-3H3;3-7,9-11H,8H2,1-2H3/b8-7-,13-9-,20-15+,23-5+;. The number of hydrogen-bond donors (Lipinski definition) is 1. The molecule has 0 bridgehead atoms. The molecule has 0 aromatic heterocycles. The normalized spacial score (nSPS) is 12.2. The molecule has 0 saturated heterocycles. The van der Waals surface area contributed by atoms with Gasteiger partial charge in [0.2, 0.25) is 0 Å². The van der Waals surface area contributed by atoms with E-state index in [1.807, 2.05) is 68.5 Å². The highest BCUT2D eigenvalue weighted by Gasteiger charge is 2.09. The van der Waals surface area contributed by atoms with Crippen molar-refractivity contribution in [3.05, 3.63) is 157 Å². The highest BCUT2D eigenvalue weighted by atomic mass is 32.1. The van der Waals surface area contributed by atoms with Gasteiger partial charge in [0.1, 0.15) is 17.3 Å². The van der Waals surface area contributed by atoms with Gasteiger partial charge < -0.3 is 13.7 Å². The van der Waals surface area contributed by atoms with Crippen LogP contribution in [-0.2, 0) is 17.0 Å². The molecule has 43 heavy (non-hydrogen) atoms. The first-order valence-corrected chi connectivity index (χ1v) is 14.8. The van der Waals surface area contributed by atoms with E-state index in [0.717, 1.165) is 41.9 Å². The Balaban J connectivity index is 0.000000268. The molecule has 4 aromatic rings. The third-order valence-electron chi connectivity index (χ3n) is 6.99. The minimum atomic E-state index is 0.714. The van der Waals surface area contributed by atoms with Crippen LogP contribution in [0.2, 0.25) is 0 Å². The molecule has 222 valence electrons. The van der Waals surface area contributed by atoms with E-state index in [1.165, 1.54) is 27.1 Å². The fourth-order valence-corrected chi connectivity index (χ4v) is 5.03. The lowest BCUT2D eigenvalue weighted by atomic mass is 9.99. The summed E-state index contributed by atoms with van der Waals surface area (Å²) < 4.78 is 16.2. The molecular formula is C39H42O3S. The Bertz CT molecular complexity index is 1640. The zero-order valence-corrected chi connectivity index (χ0v) is 26.5. The second-order valence-electron chi connectivity index (χ2n) is 9.63. The third-order valence-corrected chi connectivity index (χ3v) is 7.19. The van der Waals surface area contributed by atoms with Gasteiger partial charge in [0, 0.05) is 29.6 Å². The fraction of sp³-hybridized carbons (Fsp3) is 0.179. The summed E-state index contributed by atoms with van der Waals surface area (Å²) in [5.41, 5.74) is 3.38. The van der Waals surface area contributed by atoms with Gasteiger partial charge in [-0.1, -0.05) is 109 Å². The van der Waals surface area contributed by atoms with Gasteiger partial charge in [-0.05, 0) is 72.9 Å². The lowest BCUT2D eigenvalue weighted by Crippen LogP contribution is -1.94.